The number of aryl methyl sites for hydroxylation is 1. The summed E-state index contributed by atoms with van der Waals surface area (Å²) in [6.45, 7) is 4.46. The van der Waals surface area contributed by atoms with E-state index in [0.717, 1.165) is 12.1 Å². The molecule has 0 unspecified atom stereocenters. The minimum Gasteiger partial charge on any atom is -0.493 e. The maximum absolute atomic E-state index is 12.4. The summed E-state index contributed by atoms with van der Waals surface area (Å²) in [6.07, 6.45) is 0.969. The van der Waals surface area contributed by atoms with Crippen molar-refractivity contribution in [2.45, 2.75) is 20.3 Å². The molecule has 0 saturated heterocycles. The smallest absolute Gasteiger partial charge is 0.259 e. The highest BCUT2D eigenvalue weighted by Crippen LogP contribution is 2.24. The van der Waals surface area contributed by atoms with E-state index in [1.54, 1.807) is 18.2 Å². The Kier molecular flexibility index (Phi) is 5.23. The summed E-state index contributed by atoms with van der Waals surface area (Å²) in [5.74, 6) is 0.301. The van der Waals surface area contributed by atoms with Crippen molar-refractivity contribution >= 4 is 23.2 Å². The summed E-state index contributed by atoms with van der Waals surface area (Å²) in [6, 6.07) is 12.8. The lowest BCUT2D eigenvalue weighted by Gasteiger charge is -2.11. The average Bonchev–Trinajstić information content (AvgIpc) is 2.50. The Morgan fingerprint density at radius 1 is 1.14 bits per heavy atom. The van der Waals surface area contributed by atoms with E-state index in [-0.39, 0.29) is 5.91 Å². The van der Waals surface area contributed by atoms with Crippen LogP contribution < -0.4 is 10.1 Å². The van der Waals surface area contributed by atoms with E-state index in [9.17, 15) is 4.79 Å². The fraction of sp³-hybridized carbons (Fsp3) is 0.235. The normalized spacial score (nSPS) is 10.2. The molecule has 110 valence electrons. The standard InChI is InChI=1S/C17H18ClNO2/c1-3-12-5-8-14(9-6-12)19-17(20)15-11-13(18)7-10-16(15)21-4-2/h5-11H,3-4H2,1-2H3,(H,19,20). The summed E-state index contributed by atoms with van der Waals surface area (Å²) in [5, 5.41) is 3.36. The second kappa shape index (κ2) is 7.14. The molecular weight excluding hydrogens is 286 g/mol. The molecule has 0 aliphatic heterocycles. The number of rotatable bonds is 5. The van der Waals surface area contributed by atoms with Gasteiger partial charge < -0.3 is 10.1 Å². The zero-order valence-electron chi connectivity index (χ0n) is 12.2. The first-order chi connectivity index (χ1) is 10.1. The van der Waals surface area contributed by atoms with E-state index in [1.165, 1.54) is 5.56 Å². The largest absolute Gasteiger partial charge is 0.493 e. The van der Waals surface area contributed by atoms with Crippen LogP contribution in [0.15, 0.2) is 42.5 Å². The third-order valence-corrected chi connectivity index (χ3v) is 3.34. The van der Waals surface area contributed by atoms with Crippen LogP contribution in [0.25, 0.3) is 0 Å². The van der Waals surface area contributed by atoms with Crippen molar-refractivity contribution in [1.29, 1.82) is 0 Å². The van der Waals surface area contributed by atoms with Gasteiger partial charge in [-0.2, -0.15) is 0 Å². The zero-order chi connectivity index (χ0) is 15.2. The highest BCUT2D eigenvalue weighted by Gasteiger charge is 2.13. The van der Waals surface area contributed by atoms with Crippen molar-refractivity contribution < 1.29 is 9.53 Å². The van der Waals surface area contributed by atoms with Gasteiger partial charge in [-0.25, -0.2) is 0 Å². The van der Waals surface area contributed by atoms with Gasteiger partial charge >= 0.3 is 0 Å². The van der Waals surface area contributed by atoms with Crippen LogP contribution in [0.5, 0.6) is 5.75 Å². The SMILES string of the molecule is CCOc1ccc(Cl)cc1C(=O)Nc1ccc(CC)cc1. The first-order valence-corrected chi connectivity index (χ1v) is 7.34. The predicted molar refractivity (Wildman–Crippen MR) is 86.4 cm³/mol. The van der Waals surface area contributed by atoms with Crippen molar-refractivity contribution in [3.63, 3.8) is 0 Å². The summed E-state index contributed by atoms with van der Waals surface area (Å²) in [5.41, 5.74) is 2.41. The lowest BCUT2D eigenvalue weighted by atomic mass is 10.1. The molecule has 2 aromatic rings. The molecule has 1 amide bonds. The van der Waals surface area contributed by atoms with Crippen LogP contribution in [-0.2, 0) is 6.42 Å². The van der Waals surface area contributed by atoms with Gasteiger partial charge in [0.15, 0.2) is 0 Å². The van der Waals surface area contributed by atoms with E-state index in [4.69, 9.17) is 16.3 Å². The molecule has 21 heavy (non-hydrogen) atoms. The number of carbonyl (C=O) groups is 1. The maximum Gasteiger partial charge on any atom is 0.259 e. The van der Waals surface area contributed by atoms with Crippen LogP contribution in [0.4, 0.5) is 5.69 Å². The predicted octanol–water partition coefficient (Wildman–Crippen LogP) is 4.55. The highest BCUT2D eigenvalue weighted by atomic mass is 35.5. The Balaban J connectivity index is 2.20. The van der Waals surface area contributed by atoms with Gasteiger partial charge in [-0.1, -0.05) is 30.7 Å². The van der Waals surface area contributed by atoms with E-state index >= 15 is 0 Å². The molecule has 2 aromatic carbocycles. The van der Waals surface area contributed by atoms with E-state index in [1.807, 2.05) is 31.2 Å². The number of ether oxygens (including phenoxy) is 1. The van der Waals surface area contributed by atoms with Gasteiger partial charge in [-0.3, -0.25) is 4.79 Å². The quantitative estimate of drug-likeness (QED) is 0.879. The molecular formula is C17H18ClNO2. The Morgan fingerprint density at radius 3 is 2.48 bits per heavy atom. The van der Waals surface area contributed by atoms with Crippen molar-refractivity contribution in [1.82, 2.24) is 0 Å². The van der Waals surface area contributed by atoms with Gasteiger partial charge in [0.05, 0.1) is 12.2 Å². The first kappa shape index (κ1) is 15.4. The number of amides is 1. The molecule has 0 radical (unpaired) electrons. The second-order valence-electron chi connectivity index (χ2n) is 4.58. The van der Waals surface area contributed by atoms with Gasteiger partial charge in [0.1, 0.15) is 5.75 Å². The van der Waals surface area contributed by atoms with E-state index in [0.29, 0.717) is 22.9 Å². The zero-order valence-corrected chi connectivity index (χ0v) is 12.9. The monoisotopic (exact) mass is 303 g/mol. The first-order valence-electron chi connectivity index (χ1n) is 6.96. The average molecular weight is 304 g/mol. The minimum atomic E-state index is -0.231. The van der Waals surface area contributed by atoms with E-state index < -0.39 is 0 Å². The maximum atomic E-state index is 12.4. The van der Waals surface area contributed by atoms with Crippen LogP contribution in [0.3, 0.4) is 0 Å². The fourth-order valence-electron chi connectivity index (χ4n) is 1.98. The van der Waals surface area contributed by atoms with Crippen LogP contribution in [0, 0.1) is 0 Å². The molecule has 0 fully saturated rings. The molecule has 0 atom stereocenters. The Hall–Kier alpha value is -2.00. The van der Waals surface area contributed by atoms with Gasteiger partial charge in [0, 0.05) is 10.7 Å². The molecule has 1 N–H and O–H groups in total. The number of hydrogen-bond acceptors (Lipinski definition) is 2. The molecule has 0 aliphatic rings. The molecule has 4 heteroatoms. The Labute approximate surface area is 129 Å². The van der Waals surface area contributed by atoms with Crippen LogP contribution >= 0.6 is 11.6 Å². The summed E-state index contributed by atoms with van der Waals surface area (Å²) in [7, 11) is 0. The molecule has 0 aromatic heterocycles. The summed E-state index contributed by atoms with van der Waals surface area (Å²) < 4.78 is 5.47. The van der Waals surface area contributed by atoms with Crippen molar-refractivity contribution in [3.05, 3.63) is 58.6 Å². The second-order valence-corrected chi connectivity index (χ2v) is 5.01. The van der Waals surface area contributed by atoms with Crippen molar-refractivity contribution in [2.24, 2.45) is 0 Å². The minimum absolute atomic E-state index is 0.231. The lowest BCUT2D eigenvalue weighted by molar-refractivity contribution is 0.102. The summed E-state index contributed by atoms with van der Waals surface area (Å²) in [4.78, 5) is 12.4. The number of benzene rings is 2. The highest BCUT2D eigenvalue weighted by molar-refractivity contribution is 6.31. The van der Waals surface area contributed by atoms with Gasteiger partial charge in [-0.15, -0.1) is 0 Å². The van der Waals surface area contributed by atoms with Crippen molar-refractivity contribution in [2.75, 3.05) is 11.9 Å². The number of hydrogen-bond donors (Lipinski definition) is 1. The number of carbonyl (C=O) groups excluding carboxylic acids is 1. The van der Waals surface area contributed by atoms with Gasteiger partial charge in [-0.05, 0) is 49.2 Å². The number of halogens is 1. The molecule has 0 saturated carbocycles. The lowest BCUT2D eigenvalue weighted by Crippen LogP contribution is -2.13. The summed E-state index contributed by atoms with van der Waals surface area (Å²) >= 11 is 5.97. The fourth-order valence-corrected chi connectivity index (χ4v) is 2.16. The third-order valence-electron chi connectivity index (χ3n) is 3.11. The van der Waals surface area contributed by atoms with Crippen LogP contribution in [0.1, 0.15) is 29.8 Å². The molecule has 0 spiro atoms. The van der Waals surface area contributed by atoms with Crippen LogP contribution in [-0.4, -0.2) is 12.5 Å². The van der Waals surface area contributed by atoms with Crippen LogP contribution in [0.2, 0.25) is 5.02 Å². The Morgan fingerprint density at radius 2 is 1.86 bits per heavy atom. The molecule has 3 nitrogen and oxygen atoms in total. The topological polar surface area (TPSA) is 38.3 Å². The molecule has 0 heterocycles. The van der Waals surface area contributed by atoms with Crippen molar-refractivity contribution in [3.8, 4) is 5.75 Å². The number of anilines is 1. The van der Waals surface area contributed by atoms with Gasteiger partial charge in [0.25, 0.3) is 5.91 Å². The molecule has 2 rings (SSSR count). The third kappa shape index (κ3) is 3.99. The Bertz CT molecular complexity index is 623. The van der Waals surface area contributed by atoms with E-state index in [2.05, 4.69) is 12.2 Å². The van der Waals surface area contributed by atoms with Gasteiger partial charge in [0.2, 0.25) is 0 Å². The molecule has 0 bridgehead atoms. The number of nitrogens with one attached hydrogen (secondary N) is 1. The molecule has 0 aliphatic carbocycles.